The molecule has 0 radical (unpaired) electrons. The molecule has 3 fully saturated rings. The highest BCUT2D eigenvalue weighted by Crippen LogP contribution is 2.60. The minimum absolute atomic E-state index is 0.0540. The molecule has 25 heavy (non-hydrogen) atoms. The van der Waals surface area contributed by atoms with Crippen LogP contribution in [0.15, 0.2) is 11.6 Å². The Kier molecular flexibility index (Phi) is 5.35. The summed E-state index contributed by atoms with van der Waals surface area (Å²) in [7, 11) is 0. The van der Waals surface area contributed by atoms with Crippen LogP contribution in [0.2, 0.25) is 0 Å². The summed E-state index contributed by atoms with van der Waals surface area (Å²) in [5, 5.41) is 0. The topological polar surface area (TPSA) is 35.5 Å². The van der Waals surface area contributed by atoms with E-state index in [1.165, 1.54) is 37.7 Å². The molecule has 3 aliphatic carbocycles. The number of carbonyl (C=O) groups is 1. The highest BCUT2D eigenvalue weighted by atomic mass is 16.5. The summed E-state index contributed by atoms with van der Waals surface area (Å²) in [6, 6.07) is 0. The summed E-state index contributed by atoms with van der Waals surface area (Å²) in [5.74, 6) is 2.20. The molecular formula is C22H36O3. The predicted molar refractivity (Wildman–Crippen MR) is 100 cm³/mol. The summed E-state index contributed by atoms with van der Waals surface area (Å²) >= 11 is 0. The van der Waals surface area contributed by atoms with Gasteiger partial charge in [0.05, 0.1) is 18.3 Å². The molecular weight excluding hydrogens is 312 g/mol. The van der Waals surface area contributed by atoms with Crippen LogP contribution in [0.3, 0.4) is 0 Å². The quantitative estimate of drug-likeness (QED) is 0.514. The zero-order valence-corrected chi connectivity index (χ0v) is 16.8. The van der Waals surface area contributed by atoms with E-state index in [0.717, 1.165) is 30.6 Å². The molecule has 3 heteroatoms. The van der Waals surface area contributed by atoms with Crippen LogP contribution in [0.1, 0.15) is 79.6 Å². The Bertz CT molecular complexity index is 530. The van der Waals surface area contributed by atoms with Crippen LogP contribution in [0.5, 0.6) is 0 Å². The lowest BCUT2D eigenvalue weighted by Crippen LogP contribution is -2.46. The van der Waals surface area contributed by atoms with E-state index in [0.29, 0.717) is 18.1 Å². The van der Waals surface area contributed by atoms with Gasteiger partial charge in [0.1, 0.15) is 0 Å². The fourth-order valence-corrected chi connectivity index (χ4v) is 5.90. The zero-order chi connectivity index (χ0) is 18.2. The second-order valence-corrected chi connectivity index (χ2v) is 9.67. The van der Waals surface area contributed by atoms with Gasteiger partial charge < -0.3 is 9.47 Å². The van der Waals surface area contributed by atoms with Crippen molar-refractivity contribution in [2.24, 2.45) is 23.2 Å². The predicted octanol–water partition coefficient (Wildman–Crippen LogP) is 5.29. The van der Waals surface area contributed by atoms with Crippen molar-refractivity contribution in [1.82, 2.24) is 0 Å². The summed E-state index contributed by atoms with van der Waals surface area (Å²) in [6.45, 7) is 11.4. The van der Waals surface area contributed by atoms with Gasteiger partial charge >= 0.3 is 5.97 Å². The third kappa shape index (κ3) is 3.97. The first-order valence-corrected chi connectivity index (χ1v) is 10.3. The fourth-order valence-electron chi connectivity index (χ4n) is 5.90. The number of fused-ring (bicyclic) bond motifs is 3. The molecule has 0 unspecified atom stereocenters. The van der Waals surface area contributed by atoms with Crippen LogP contribution < -0.4 is 0 Å². The standard InChI is InChI=1S/C22H36O3/c1-6-24-20(23)14-15-7-8-17-16(13-15)11-12-22(5)18(17)9-10-19(22)25-21(2,3)4/h14,16-19H,6-13H2,1-5H3/t16-,17-,18+,19+,22+/m1/s1. The highest BCUT2D eigenvalue weighted by molar-refractivity contribution is 5.82. The molecule has 3 aliphatic rings. The number of carbonyl (C=O) groups excluding carboxylic acids is 1. The summed E-state index contributed by atoms with van der Waals surface area (Å²) in [5.41, 5.74) is 1.60. The van der Waals surface area contributed by atoms with Gasteiger partial charge in [0, 0.05) is 6.08 Å². The highest BCUT2D eigenvalue weighted by Gasteiger charge is 2.55. The average molecular weight is 349 g/mol. The normalized spacial score (nSPS) is 39.8. The van der Waals surface area contributed by atoms with Gasteiger partial charge in [-0.1, -0.05) is 12.5 Å². The van der Waals surface area contributed by atoms with E-state index in [4.69, 9.17) is 9.47 Å². The van der Waals surface area contributed by atoms with Crippen molar-refractivity contribution in [2.45, 2.75) is 91.3 Å². The Labute approximate surface area is 153 Å². The van der Waals surface area contributed by atoms with Crippen LogP contribution in [0.4, 0.5) is 0 Å². The molecule has 0 aromatic rings. The average Bonchev–Trinajstić information content (AvgIpc) is 2.83. The number of ether oxygens (including phenoxy) is 2. The number of rotatable bonds is 3. The van der Waals surface area contributed by atoms with Gasteiger partial charge in [0.2, 0.25) is 0 Å². The maximum absolute atomic E-state index is 11.8. The summed E-state index contributed by atoms with van der Waals surface area (Å²) in [4.78, 5) is 11.8. The Morgan fingerprint density at radius 3 is 2.68 bits per heavy atom. The monoisotopic (exact) mass is 348 g/mol. The molecule has 0 heterocycles. The molecule has 0 aromatic carbocycles. The molecule has 3 rings (SSSR count). The van der Waals surface area contributed by atoms with E-state index >= 15 is 0 Å². The molecule has 0 N–H and O–H groups in total. The van der Waals surface area contributed by atoms with E-state index in [2.05, 4.69) is 27.7 Å². The maximum Gasteiger partial charge on any atom is 0.330 e. The Morgan fingerprint density at radius 1 is 1.24 bits per heavy atom. The van der Waals surface area contributed by atoms with Crippen molar-refractivity contribution in [3.63, 3.8) is 0 Å². The minimum atomic E-state index is -0.156. The van der Waals surface area contributed by atoms with E-state index < -0.39 is 0 Å². The van der Waals surface area contributed by atoms with Gasteiger partial charge in [-0.05, 0) is 95.8 Å². The van der Waals surface area contributed by atoms with Crippen LogP contribution in [-0.4, -0.2) is 24.3 Å². The third-order valence-electron chi connectivity index (χ3n) is 6.93. The van der Waals surface area contributed by atoms with E-state index in [-0.39, 0.29) is 11.6 Å². The van der Waals surface area contributed by atoms with Crippen molar-refractivity contribution in [1.29, 1.82) is 0 Å². The molecule has 0 amide bonds. The van der Waals surface area contributed by atoms with Gasteiger partial charge in [-0.2, -0.15) is 0 Å². The first-order chi connectivity index (χ1) is 11.7. The molecule has 5 atom stereocenters. The molecule has 0 aromatic heterocycles. The van der Waals surface area contributed by atoms with E-state index in [9.17, 15) is 4.79 Å². The molecule has 3 nitrogen and oxygen atoms in total. The van der Waals surface area contributed by atoms with Crippen LogP contribution >= 0.6 is 0 Å². The van der Waals surface area contributed by atoms with Gasteiger partial charge in [-0.3, -0.25) is 0 Å². The Balaban J connectivity index is 1.68. The van der Waals surface area contributed by atoms with E-state index in [1.807, 2.05) is 6.92 Å². The van der Waals surface area contributed by atoms with Crippen molar-refractivity contribution < 1.29 is 14.3 Å². The molecule has 3 saturated carbocycles. The lowest BCUT2D eigenvalue weighted by Gasteiger charge is -2.51. The molecule has 0 bridgehead atoms. The van der Waals surface area contributed by atoms with Crippen molar-refractivity contribution in [3.8, 4) is 0 Å². The number of hydrogen-bond donors (Lipinski definition) is 0. The van der Waals surface area contributed by atoms with Crippen LogP contribution in [-0.2, 0) is 14.3 Å². The van der Waals surface area contributed by atoms with Crippen LogP contribution in [0, 0.1) is 23.2 Å². The first kappa shape index (κ1) is 18.9. The zero-order valence-electron chi connectivity index (χ0n) is 16.8. The van der Waals surface area contributed by atoms with Gasteiger partial charge in [-0.25, -0.2) is 4.79 Å². The number of esters is 1. The number of allylic oxidation sites excluding steroid dienone is 1. The van der Waals surface area contributed by atoms with Gasteiger partial charge in [0.25, 0.3) is 0 Å². The Hall–Kier alpha value is -0.830. The fraction of sp³-hybridized carbons (Fsp3) is 0.864. The summed E-state index contributed by atoms with van der Waals surface area (Å²) in [6.07, 6.45) is 10.7. The lowest BCUT2D eigenvalue weighted by molar-refractivity contribution is -0.137. The lowest BCUT2D eigenvalue weighted by atomic mass is 9.56. The van der Waals surface area contributed by atoms with Crippen molar-refractivity contribution in [2.75, 3.05) is 6.61 Å². The molecule has 0 spiro atoms. The third-order valence-corrected chi connectivity index (χ3v) is 6.93. The van der Waals surface area contributed by atoms with Gasteiger partial charge in [-0.15, -0.1) is 0 Å². The van der Waals surface area contributed by atoms with Crippen molar-refractivity contribution >= 4 is 5.97 Å². The molecule has 0 saturated heterocycles. The van der Waals surface area contributed by atoms with E-state index in [1.54, 1.807) is 6.08 Å². The number of hydrogen-bond acceptors (Lipinski definition) is 3. The van der Waals surface area contributed by atoms with Gasteiger partial charge in [0.15, 0.2) is 0 Å². The summed E-state index contributed by atoms with van der Waals surface area (Å²) < 4.78 is 11.6. The molecule has 0 aliphatic heterocycles. The van der Waals surface area contributed by atoms with Crippen molar-refractivity contribution in [3.05, 3.63) is 11.6 Å². The maximum atomic E-state index is 11.8. The second kappa shape index (κ2) is 7.06. The second-order valence-electron chi connectivity index (χ2n) is 9.67. The Morgan fingerprint density at radius 2 is 2.00 bits per heavy atom. The molecule has 142 valence electrons. The largest absolute Gasteiger partial charge is 0.463 e. The first-order valence-electron chi connectivity index (χ1n) is 10.3. The van der Waals surface area contributed by atoms with Crippen LogP contribution in [0.25, 0.3) is 0 Å². The smallest absolute Gasteiger partial charge is 0.330 e. The minimum Gasteiger partial charge on any atom is -0.463 e. The SMILES string of the molecule is CCOC(=O)C=C1CC[C@@H]2[C@H](CC[C@]3(C)[C@@H](OC(C)(C)C)CC[C@@H]23)C1.